The number of ketones is 1. The summed E-state index contributed by atoms with van der Waals surface area (Å²) in [5.41, 5.74) is 3.59. The van der Waals surface area contributed by atoms with E-state index in [0.29, 0.717) is 35.0 Å². The van der Waals surface area contributed by atoms with Crippen LogP contribution in [0.1, 0.15) is 34.7 Å². The van der Waals surface area contributed by atoms with Crippen LogP contribution in [0.4, 0.5) is 0 Å². The van der Waals surface area contributed by atoms with Crippen LogP contribution in [0.15, 0.2) is 54.6 Å². The number of carbonyl (C=O) groups excluding carboxylic acids is 1. The molecule has 1 N–H and O–H groups in total. The van der Waals surface area contributed by atoms with Crippen molar-refractivity contribution in [3.8, 4) is 34.1 Å². The summed E-state index contributed by atoms with van der Waals surface area (Å²) in [4.78, 5) is 11.7. The number of rotatable bonds is 6. The van der Waals surface area contributed by atoms with Gasteiger partial charge in [-0.2, -0.15) is 0 Å². The first-order valence-corrected chi connectivity index (χ1v) is 9.48. The number of carbonyl (C=O) groups is 1. The summed E-state index contributed by atoms with van der Waals surface area (Å²) in [6.45, 7) is 1.82. The molecule has 1 atom stereocenters. The van der Waals surface area contributed by atoms with Crippen molar-refractivity contribution < 1.29 is 28.8 Å². The predicted octanol–water partition coefficient (Wildman–Crippen LogP) is 4.54. The lowest BCUT2D eigenvalue weighted by molar-refractivity contribution is -0.0215. The minimum Gasteiger partial charge on any atom is -0.497 e. The minimum absolute atomic E-state index is 0.0735. The number of Topliss-reactive ketones (excluding diaryl/α,β-unsaturated/α-hetero) is 1. The van der Waals surface area contributed by atoms with Crippen molar-refractivity contribution in [2.24, 2.45) is 0 Å². The summed E-state index contributed by atoms with van der Waals surface area (Å²) in [5, 5.41) is 10.5. The Balaban J connectivity index is 1.66. The van der Waals surface area contributed by atoms with Gasteiger partial charge in [-0.3, -0.25) is 4.79 Å². The van der Waals surface area contributed by atoms with Crippen LogP contribution in [0.3, 0.4) is 0 Å². The first kappa shape index (κ1) is 19.8. The van der Waals surface area contributed by atoms with Gasteiger partial charge < -0.3 is 24.1 Å². The number of methoxy groups -OCH3 is 2. The van der Waals surface area contributed by atoms with Crippen LogP contribution in [0.2, 0.25) is 0 Å². The Bertz CT molecular complexity index is 1090. The predicted molar refractivity (Wildman–Crippen MR) is 111 cm³/mol. The fourth-order valence-corrected chi connectivity index (χ4v) is 3.42. The van der Waals surface area contributed by atoms with Gasteiger partial charge in [0.15, 0.2) is 17.3 Å². The maximum Gasteiger partial charge on any atom is 0.224 e. The minimum atomic E-state index is -1.17. The molecule has 0 fully saturated rings. The number of aliphatic hydroxyl groups is 1. The van der Waals surface area contributed by atoms with Crippen LogP contribution in [0.5, 0.6) is 23.0 Å². The third-order valence-corrected chi connectivity index (χ3v) is 5.07. The van der Waals surface area contributed by atoms with Gasteiger partial charge in [0.25, 0.3) is 0 Å². The van der Waals surface area contributed by atoms with Gasteiger partial charge in [-0.1, -0.05) is 24.3 Å². The molecule has 30 heavy (non-hydrogen) atoms. The molecule has 0 bridgehead atoms. The number of benzene rings is 3. The standard InChI is InChI=1S/C24H22O6/c1-14(25)16-6-9-18-19-11-22(28-3)23(12-21(19)30-24(26)20(18)10-16)29-13-15-4-7-17(27-2)8-5-15/h4-12,24,26H,13H2,1-3H3/t24-/m0/s1. The summed E-state index contributed by atoms with van der Waals surface area (Å²) in [6.07, 6.45) is -1.17. The number of ether oxygens (including phenoxy) is 4. The first-order valence-electron chi connectivity index (χ1n) is 9.48. The summed E-state index contributed by atoms with van der Waals surface area (Å²) >= 11 is 0. The molecule has 1 aliphatic heterocycles. The fraction of sp³-hybridized carbons (Fsp3) is 0.208. The van der Waals surface area contributed by atoms with E-state index in [1.807, 2.05) is 36.4 Å². The molecular formula is C24H22O6. The van der Waals surface area contributed by atoms with E-state index in [1.54, 1.807) is 32.4 Å². The zero-order chi connectivity index (χ0) is 21.3. The molecule has 4 rings (SSSR count). The lowest BCUT2D eigenvalue weighted by Crippen LogP contribution is -2.14. The Morgan fingerprint density at radius 1 is 0.967 bits per heavy atom. The molecule has 6 nitrogen and oxygen atoms in total. The molecule has 0 spiro atoms. The normalized spacial score (nSPS) is 14.2. The van der Waals surface area contributed by atoms with E-state index in [9.17, 15) is 9.90 Å². The van der Waals surface area contributed by atoms with E-state index in [1.165, 1.54) is 6.92 Å². The van der Waals surface area contributed by atoms with E-state index < -0.39 is 6.29 Å². The largest absolute Gasteiger partial charge is 0.497 e. The number of hydrogen-bond acceptors (Lipinski definition) is 6. The molecule has 6 heteroatoms. The third kappa shape index (κ3) is 3.69. The van der Waals surface area contributed by atoms with Crippen molar-refractivity contribution in [3.05, 3.63) is 71.3 Å². The van der Waals surface area contributed by atoms with Gasteiger partial charge in [-0.25, -0.2) is 0 Å². The van der Waals surface area contributed by atoms with Crippen molar-refractivity contribution in [3.63, 3.8) is 0 Å². The lowest BCUT2D eigenvalue weighted by atomic mass is 9.93. The van der Waals surface area contributed by atoms with Gasteiger partial charge >= 0.3 is 0 Å². The van der Waals surface area contributed by atoms with Crippen molar-refractivity contribution in [2.45, 2.75) is 19.8 Å². The molecule has 154 valence electrons. The molecule has 1 heterocycles. The quantitative estimate of drug-likeness (QED) is 0.606. The van der Waals surface area contributed by atoms with E-state index in [4.69, 9.17) is 18.9 Å². The van der Waals surface area contributed by atoms with Crippen LogP contribution >= 0.6 is 0 Å². The smallest absolute Gasteiger partial charge is 0.224 e. The Hall–Kier alpha value is -3.51. The van der Waals surface area contributed by atoms with Crippen LogP contribution in [-0.2, 0) is 6.61 Å². The van der Waals surface area contributed by atoms with E-state index >= 15 is 0 Å². The van der Waals surface area contributed by atoms with Crippen molar-refractivity contribution in [1.82, 2.24) is 0 Å². The summed E-state index contributed by atoms with van der Waals surface area (Å²) in [7, 11) is 3.19. The van der Waals surface area contributed by atoms with E-state index in [0.717, 1.165) is 22.4 Å². The van der Waals surface area contributed by atoms with Gasteiger partial charge in [-0.05, 0) is 42.3 Å². The molecule has 0 unspecified atom stereocenters. The summed E-state index contributed by atoms with van der Waals surface area (Å²) < 4.78 is 22.4. The zero-order valence-electron chi connectivity index (χ0n) is 17.0. The Morgan fingerprint density at radius 2 is 1.73 bits per heavy atom. The van der Waals surface area contributed by atoms with Gasteiger partial charge in [0.05, 0.1) is 14.2 Å². The molecule has 1 aliphatic rings. The summed E-state index contributed by atoms with van der Waals surface area (Å²) in [6, 6.07) is 16.3. The zero-order valence-corrected chi connectivity index (χ0v) is 17.0. The fourth-order valence-electron chi connectivity index (χ4n) is 3.42. The third-order valence-electron chi connectivity index (χ3n) is 5.07. The highest BCUT2D eigenvalue weighted by Crippen LogP contribution is 2.47. The number of fused-ring (bicyclic) bond motifs is 3. The topological polar surface area (TPSA) is 74.2 Å². The second-order valence-corrected chi connectivity index (χ2v) is 6.96. The molecule has 3 aromatic rings. The van der Waals surface area contributed by atoms with Crippen LogP contribution in [0.25, 0.3) is 11.1 Å². The lowest BCUT2D eigenvalue weighted by Gasteiger charge is -2.27. The monoisotopic (exact) mass is 406 g/mol. The second kappa shape index (κ2) is 8.08. The molecule has 0 amide bonds. The molecular weight excluding hydrogens is 384 g/mol. The number of aliphatic hydroxyl groups excluding tert-OH is 1. The van der Waals surface area contributed by atoms with Gasteiger partial charge in [0.1, 0.15) is 18.1 Å². The highest BCUT2D eigenvalue weighted by molar-refractivity contribution is 5.95. The summed E-state index contributed by atoms with van der Waals surface area (Å²) in [5.74, 6) is 2.23. The Morgan fingerprint density at radius 3 is 2.40 bits per heavy atom. The molecule has 0 aromatic heterocycles. The van der Waals surface area contributed by atoms with Gasteiger partial charge in [-0.15, -0.1) is 0 Å². The SMILES string of the molecule is COc1ccc(COc2cc3c(cc2OC)-c2ccc(C(C)=O)cc2[C@@H](O)O3)cc1. The highest BCUT2D eigenvalue weighted by Gasteiger charge is 2.27. The molecule has 0 aliphatic carbocycles. The van der Waals surface area contributed by atoms with Crippen molar-refractivity contribution >= 4 is 5.78 Å². The van der Waals surface area contributed by atoms with Crippen LogP contribution < -0.4 is 18.9 Å². The molecule has 3 aromatic carbocycles. The van der Waals surface area contributed by atoms with Crippen molar-refractivity contribution in [1.29, 1.82) is 0 Å². The molecule has 0 saturated carbocycles. The molecule has 0 saturated heterocycles. The second-order valence-electron chi connectivity index (χ2n) is 6.96. The van der Waals surface area contributed by atoms with E-state index in [2.05, 4.69) is 0 Å². The average molecular weight is 406 g/mol. The maximum absolute atomic E-state index is 11.7. The first-order chi connectivity index (χ1) is 14.5. The van der Waals surface area contributed by atoms with E-state index in [-0.39, 0.29) is 5.78 Å². The van der Waals surface area contributed by atoms with Gasteiger partial charge in [0, 0.05) is 22.8 Å². The highest BCUT2D eigenvalue weighted by atomic mass is 16.6. The van der Waals surface area contributed by atoms with Crippen LogP contribution in [0, 0.1) is 0 Å². The maximum atomic E-state index is 11.7. The number of hydrogen-bond donors (Lipinski definition) is 1. The van der Waals surface area contributed by atoms with Gasteiger partial charge in [0.2, 0.25) is 6.29 Å². The molecule has 0 radical (unpaired) electrons. The average Bonchev–Trinajstić information content (AvgIpc) is 2.77. The Labute approximate surface area is 174 Å². The Kier molecular flexibility index (Phi) is 5.33. The van der Waals surface area contributed by atoms with Crippen LogP contribution in [-0.4, -0.2) is 25.1 Å². The van der Waals surface area contributed by atoms with Crippen molar-refractivity contribution in [2.75, 3.05) is 14.2 Å².